The van der Waals surface area contributed by atoms with Crippen LogP contribution in [0, 0.1) is 0 Å². The Balaban J connectivity index is 2.08. The Morgan fingerprint density at radius 3 is 2.30 bits per heavy atom. The predicted octanol–water partition coefficient (Wildman–Crippen LogP) is 2.67. The summed E-state index contributed by atoms with van der Waals surface area (Å²) >= 11 is 0. The molecule has 1 aromatic carbocycles. The molecular formula is C18H32BNO3. The maximum absolute atomic E-state index is 10.0. The van der Waals surface area contributed by atoms with Crippen molar-refractivity contribution < 1.29 is 15.2 Å². The van der Waals surface area contributed by atoms with Crippen LogP contribution in [0.15, 0.2) is 24.3 Å². The fourth-order valence-electron chi connectivity index (χ4n) is 2.66. The summed E-state index contributed by atoms with van der Waals surface area (Å²) in [4.78, 5) is 0. The van der Waals surface area contributed by atoms with Gasteiger partial charge in [0.15, 0.2) is 0 Å². The first kappa shape index (κ1) is 20.0. The molecule has 130 valence electrons. The number of benzene rings is 1. The summed E-state index contributed by atoms with van der Waals surface area (Å²) in [6, 6.07) is 6.97. The molecule has 0 aliphatic carbocycles. The predicted molar refractivity (Wildman–Crippen MR) is 98.0 cm³/mol. The van der Waals surface area contributed by atoms with Gasteiger partial charge in [0.1, 0.15) is 0 Å². The first-order chi connectivity index (χ1) is 11.1. The van der Waals surface area contributed by atoms with Crippen molar-refractivity contribution in [1.29, 1.82) is 0 Å². The fraction of sp³-hybridized carbons (Fsp3) is 0.667. The van der Waals surface area contributed by atoms with E-state index in [0.29, 0.717) is 12.0 Å². The van der Waals surface area contributed by atoms with Gasteiger partial charge in [-0.15, -0.1) is 0 Å². The molecule has 1 rings (SSSR count). The molecule has 0 spiro atoms. The zero-order chi connectivity index (χ0) is 16.9. The van der Waals surface area contributed by atoms with E-state index >= 15 is 0 Å². The molecule has 0 radical (unpaired) electrons. The highest BCUT2D eigenvalue weighted by molar-refractivity contribution is 6.58. The molecule has 23 heavy (non-hydrogen) atoms. The van der Waals surface area contributed by atoms with Crippen LogP contribution < -0.4 is 10.8 Å². The summed E-state index contributed by atoms with van der Waals surface area (Å²) in [5.41, 5.74) is 1.25. The molecule has 0 aliphatic rings. The number of aliphatic hydroxyl groups excluding tert-OH is 1. The third-order valence-electron chi connectivity index (χ3n) is 4.12. The molecule has 1 atom stereocenters. The van der Waals surface area contributed by atoms with E-state index in [1.807, 2.05) is 6.07 Å². The van der Waals surface area contributed by atoms with Crippen molar-refractivity contribution in [2.45, 2.75) is 70.8 Å². The van der Waals surface area contributed by atoms with E-state index in [-0.39, 0.29) is 6.10 Å². The Labute approximate surface area is 141 Å². The van der Waals surface area contributed by atoms with Crippen molar-refractivity contribution in [2.24, 2.45) is 0 Å². The van der Waals surface area contributed by atoms with Crippen molar-refractivity contribution in [2.75, 3.05) is 11.9 Å². The van der Waals surface area contributed by atoms with E-state index in [2.05, 4.69) is 12.2 Å². The van der Waals surface area contributed by atoms with Crippen molar-refractivity contribution in [3.63, 3.8) is 0 Å². The quantitative estimate of drug-likeness (QED) is 0.333. The SMILES string of the molecule is CCCCCCCCCCC(O)CNc1cccc(B(O)O)c1. The van der Waals surface area contributed by atoms with Crippen LogP contribution in [-0.4, -0.2) is 34.9 Å². The van der Waals surface area contributed by atoms with Crippen LogP contribution in [0.5, 0.6) is 0 Å². The zero-order valence-electron chi connectivity index (χ0n) is 14.4. The minimum Gasteiger partial charge on any atom is -0.423 e. The van der Waals surface area contributed by atoms with Crippen LogP contribution in [0.3, 0.4) is 0 Å². The monoisotopic (exact) mass is 321 g/mol. The lowest BCUT2D eigenvalue weighted by Gasteiger charge is -2.13. The van der Waals surface area contributed by atoms with Gasteiger partial charge in [0, 0.05) is 12.2 Å². The minimum atomic E-state index is -1.46. The fourth-order valence-corrected chi connectivity index (χ4v) is 2.66. The Kier molecular flexibility index (Phi) is 10.8. The number of unbranched alkanes of at least 4 members (excludes halogenated alkanes) is 7. The molecule has 0 saturated heterocycles. The lowest BCUT2D eigenvalue weighted by molar-refractivity contribution is 0.173. The average molecular weight is 321 g/mol. The van der Waals surface area contributed by atoms with Crippen molar-refractivity contribution >= 4 is 18.3 Å². The van der Waals surface area contributed by atoms with Gasteiger partial charge in [0.2, 0.25) is 0 Å². The average Bonchev–Trinajstić information content (AvgIpc) is 2.55. The van der Waals surface area contributed by atoms with Crippen LogP contribution in [0.2, 0.25) is 0 Å². The standard InChI is InChI=1S/C18H32BNO3/c1-2-3-4-5-6-7-8-9-13-18(21)15-20-17-12-10-11-16(14-17)19(22)23/h10-12,14,18,20-23H,2-9,13,15H2,1H3. The van der Waals surface area contributed by atoms with Crippen molar-refractivity contribution in [3.8, 4) is 0 Å². The number of anilines is 1. The molecule has 1 unspecified atom stereocenters. The smallest absolute Gasteiger partial charge is 0.423 e. The summed E-state index contributed by atoms with van der Waals surface area (Å²) in [6.45, 7) is 2.72. The summed E-state index contributed by atoms with van der Waals surface area (Å²) in [6.07, 6.45) is 10.6. The molecule has 1 aromatic rings. The lowest BCUT2D eigenvalue weighted by atomic mass is 9.80. The van der Waals surface area contributed by atoms with Gasteiger partial charge >= 0.3 is 7.12 Å². The van der Waals surface area contributed by atoms with E-state index < -0.39 is 7.12 Å². The first-order valence-electron chi connectivity index (χ1n) is 9.01. The van der Waals surface area contributed by atoms with Crippen molar-refractivity contribution in [1.82, 2.24) is 0 Å². The molecule has 5 heteroatoms. The molecule has 0 amide bonds. The van der Waals surface area contributed by atoms with Gasteiger partial charge in [-0.3, -0.25) is 0 Å². The molecule has 0 bridgehead atoms. The highest BCUT2D eigenvalue weighted by atomic mass is 16.4. The third kappa shape index (κ3) is 9.64. The Morgan fingerprint density at radius 2 is 1.65 bits per heavy atom. The maximum Gasteiger partial charge on any atom is 0.488 e. The number of nitrogens with one attached hydrogen (secondary N) is 1. The summed E-state index contributed by atoms with van der Waals surface area (Å²) in [7, 11) is -1.46. The Hall–Kier alpha value is -1.04. The van der Waals surface area contributed by atoms with E-state index in [1.165, 1.54) is 44.9 Å². The molecule has 0 saturated carbocycles. The lowest BCUT2D eigenvalue weighted by Crippen LogP contribution is -2.30. The highest BCUT2D eigenvalue weighted by Crippen LogP contribution is 2.11. The Bertz CT molecular complexity index is 415. The Morgan fingerprint density at radius 1 is 1.00 bits per heavy atom. The van der Waals surface area contributed by atoms with Crippen LogP contribution in [-0.2, 0) is 0 Å². The second-order valence-electron chi connectivity index (χ2n) is 6.30. The zero-order valence-corrected chi connectivity index (χ0v) is 14.4. The summed E-state index contributed by atoms with van der Waals surface area (Å²) < 4.78 is 0. The second-order valence-corrected chi connectivity index (χ2v) is 6.30. The minimum absolute atomic E-state index is 0.363. The van der Waals surface area contributed by atoms with E-state index in [4.69, 9.17) is 10.0 Å². The first-order valence-corrected chi connectivity index (χ1v) is 9.01. The van der Waals surface area contributed by atoms with Gasteiger partial charge in [-0.05, 0) is 24.0 Å². The molecule has 4 nitrogen and oxygen atoms in total. The van der Waals surface area contributed by atoms with Gasteiger partial charge in [-0.2, -0.15) is 0 Å². The summed E-state index contributed by atoms with van der Waals surface area (Å²) in [5.74, 6) is 0. The molecule has 4 N–H and O–H groups in total. The number of hydrogen-bond acceptors (Lipinski definition) is 4. The molecular weight excluding hydrogens is 289 g/mol. The van der Waals surface area contributed by atoms with Gasteiger partial charge in [-0.1, -0.05) is 70.4 Å². The van der Waals surface area contributed by atoms with Crippen LogP contribution >= 0.6 is 0 Å². The van der Waals surface area contributed by atoms with E-state index in [9.17, 15) is 5.11 Å². The maximum atomic E-state index is 10.0. The van der Waals surface area contributed by atoms with Gasteiger partial charge in [0.25, 0.3) is 0 Å². The second kappa shape index (κ2) is 12.4. The van der Waals surface area contributed by atoms with Crippen molar-refractivity contribution in [3.05, 3.63) is 24.3 Å². The molecule has 0 aromatic heterocycles. The van der Waals surface area contributed by atoms with Crippen LogP contribution in [0.25, 0.3) is 0 Å². The van der Waals surface area contributed by atoms with Crippen LogP contribution in [0.1, 0.15) is 64.7 Å². The van der Waals surface area contributed by atoms with E-state index in [1.54, 1.807) is 18.2 Å². The van der Waals surface area contributed by atoms with Gasteiger partial charge < -0.3 is 20.5 Å². The van der Waals surface area contributed by atoms with Gasteiger partial charge in [-0.25, -0.2) is 0 Å². The summed E-state index contributed by atoms with van der Waals surface area (Å²) in [5, 5.41) is 31.4. The van der Waals surface area contributed by atoms with Gasteiger partial charge in [0.05, 0.1) is 6.10 Å². The molecule has 0 fully saturated rings. The molecule has 0 aliphatic heterocycles. The van der Waals surface area contributed by atoms with E-state index in [0.717, 1.165) is 18.5 Å². The molecule has 0 heterocycles. The normalized spacial score (nSPS) is 12.2. The third-order valence-corrected chi connectivity index (χ3v) is 4.12. The van der Waals surface area contributed by atoms with Crippen LogP contribution in [0.4, 0.5) is 5.69 Å². The number of hydrogen-bond donors (Lipinski definition) is 4. The topological polar surface area (TPSA) is 72.7 Å². The highest BCUT2D eigenvalue weighted by Gasteiger charge is 2.11. The number of aliphatic hydroxyl groups is 1. The largest absolute Gasteiger partial charge is 0.488 e. The number of rotatable bonds is 13.